The van der Waals surface area contributed by atoms with Crippen LogP contribution in [0.5, 0.6) is 0 Å². The van der Waals surface area contributed by atoms with Gasteiger partial charge in [0, 0.05) is 67.8 Å². The molecule has 5 heterocycles. The standard InChI is InChI=1S/C32H36N10O2/c1-34-16-24(15-33)29-36-18-25(19-37-29)27-14-23-17-38-32(39-26-6-4-21(5-7-26)22-8-10-35-11-9-22)40-30(23)42(31(27)44)20-28(43)41-12-2-3-13-41/h4-7,14-19,22,35H,2-3,8-13,20,33H2,1H3,(H,38,39,40). The van der Waals surface area contributed by atoms with E-state index >= 15 is 0 Å². The maximum absolute atomic E-state index is 14.0. The Morgan fingerprint density at radius 2 is 1.82 bits per heavy atom. The number of fused-ring (bicyclic) bond motifs is 1. The molecule has 0 atom stereocenters. The van der Waals surface area contributed by atoms with Crippen molar-refractivity contribution >= 4 is 40.4 Å². The van der Waals surface area contributed by atoms with Crippen molar-refractivity contribution in [3.63, 3.8) is 0 Å². The van der Waals surface area contributed by atoms with Crippen LogP contribution in [0.3, 0.4) is 0 Å². The summed E-state index contributed by atoms with van der Waals surface area (Å²) in [7, 11) is 1.63. The van der Waals surface area contributed by atoms with Gasteiger partial charge in [-0.15, -0.1) is 0 Å². The van der Waals surface area contributed by atoms with E-state index in [1.165, 1.54) is 16.3 Å². The molecule has 4 N–H and O–H groups in total. The lowest BCUT2D eigenvalue weighted by Gasteiger charge is -2.23. The van der Waals surface area contributed by atoms with Crippen LogP contribution in [-0.4, -0.2) is 74.8 Å². The van der Waals surface area contributed by atoms with Gasteiger partial charge in [0.05, 0.1) is 11.1 Å². The lowest BCUT2D eigenvalue weighted by Crippen LogP contribution is -2.35. The van der Waals surface area contributed by atoms with Crippen LogP contribution in [0.2, 0.25) is 0 Å². The third-order valence-corrected chi connectivity index (χ3v) is 8.23. The third kappa shape index (κ3) is 6.20. The molecule has 0 radical (unpaired) electrons. The predicted octanol–water partition coefficient (Wildman–Crippen LogP) is 3.08. The van der Waals surface area contributed by atoms with Gasteiger partial charge in [-0.1, -0.05) is 12.1 Å². The number of nitrogens with one attached hydrogen (secondary N) is 2. The van der Waals surface area contributed by atoms with Crippen LogP contribution in [0.4, 0.5) is 11.6 Å². The highest BCUT2D eigenvalue weighted by Crippen LogP contribution is 2.27. The Bertz CT molecular complexity index is 1750. The van der Waals surface area contributed by atoms with Gasteiger partial charge in [0.15, 0.2) is 5.82 Å². The number of amides is 1. The van der Waals surface area contributed by atoms with Crippen LogP contribution in [-0.2, 0) is 11.3 Å². The normalized spacial score (nSPS) is 16.2. The summed E-state index contributed by atoms with van der Waals surface area (Å²) in [6, 6.07) is 10.1. The average molecular weight is 593 g/mol. The molecule has 2 aliphatic heterocycles. The second-order valence-corrected chi connectivity index (χ2v) is 11.1. The Morgan fingerprint density at radius 3 is 2.50 bits per heavy atom. The largest absolute Gasteiger partial charge is 0.404 e. The maximum Gasteiger partial charge on any atom is 0.260 e. The van der Waals surface area contributed by atoms with Crippen LogP contribution in [0.1, 0.15) is 43.0 Å². The van der Waals surface area contributed by atoms with Gasteiger partial charge in [0.25, 0.3) is 5.56 Å². The maximum atomic E-state index is 14.0. The van der Waals surface area contributed by atoms with Crippen LogP contribution in [0.15, 0.2) is 64.9 Å². The van der Waals surface area contributed by atoms with Gasteiger partial charge in [-0.3, -0.25) is 19.1 Å². The minimum atomic E-state index is -0.359. The molecule has 226 valence electrons. The number of anilines is 2. The van der Waals surface area contributed by atoms with Crippen molar-refractivity contribution in [2.45, 2.75) is 38.1 Å². The molecule has 6 rings (SSSR count). The van der Waals surface area contributed by atoms with E-state index in [1.54, 1.807) is 42.8 Å². The zero-order valence-corrected chi connectivity index (χ0v) is 24.7. The predicted molar refractivity (Wildman–Crippen MR) is 172 cm³/mol. The number of nitrogens with two attached hydrogens (primary N) is 1. The minimum Gasteiger partial charge on any atom is -0.404 e. The number of benzene rings is 1. The molecule has 1 aromatic carbocycles. The summed E-state index contributed by atoms with van der Waals surface area (Å²) in [6.07, 6.45) is 11.9. The van der Waals surface area contributed by atoms with Gasteiger partial charge < -0.3 is 21.3 Å². The molecule has 0 aliphatic carbocycles. The summed E-state index contributed by atoms with van der Waals surface area (Å²) in [5.41, 5.74) is 9.29. The molecule has 0 spiro atoms. The van der Waals surface area contributed by atoms with E-state index in [0.29, 0.717) is 58.5 Å². The van der Waals surface area contributed by atoms with Crippen molar-refractivity contribution in [3.05, 3.63) is 76.9 Å². The number of nitrogens with zero attached hydrogens (tertiary/aromatic N) is 7. The minimum absolute atomic E-state index is 0.118. The summed E-state index contributed by atoms with van der Waals surface area (Å²) >= 11 is 0. The van der Waals surface area contributed by atoms with Crippen LogP contribution >= 0.6 is 0 Å². The summed E-state index contributed by atoms with van der Waals surface area (Å²) in [4.78, 5) is 51.1. The van der Waals surface area contributed by atoms with E-state index in [2.05, 4.69) is 42.7 Å². The zero-order chi connectivity index (χ0) is 30.5. The monoisotopic (exact) mass is 592 g/mol. The van der Waals surface area contributed by atoms with Gasteiger partial charge in [-0.2, -0.15) is 4.98 Å². The SMILES string of the molecule is CN=CC(=CN)c1ncc(-c2cc3cnc(Nc4ccc(C5CCNCC5)cc4)nc3n(CC(=O)N3CCCC3)c2=O)cn1. The third-order valence-electron chi connectivity index (χ3n) is 8.23. The number of pyridine rings is 1. The van der Waals surface area contributed by atoms with Crippen molar-refractivity contribution < 1.29 is 4.79 Å². The summed E-state index contributed by atoms with van der Waals surface area (Å²) < 4.78 is 1.43. The number of hydrogen-bond donors (Lipinski definition) is 3. The molecule has 1 amide bonds. The summed E-state index contributed by atoms with van der Waals surface area (Å²) in [5.74, 6) is 1.17. The van der Waals surface area contributed by atoms with Crippen molar-refractivity contribution in [2.75, 3.05) is 38.5 Å². The highest BCUT2D eigenvalue weighted by Gasteiger charge is 2.22. The lowest BCUT2D eigenvalue weighted by atomic mass is 9.90. The molecule has 4 aromatic rings. The number of aromatic nitrogens is 5. The first-order chi connectivity index (χ1) is 21.5. The first-order valence-electron chi connectivity index (χ1n) is 15.0. The molecule has 2 fully saturated rings. The fraction of sp³-hybridized carbons (Fsp3) is 0.344. The molecule has 12 nitrogen and oxygen atoms in total. The van der Waals surface area contributed by atoms with Crippen molar-refractivity contribution in [1.82, 2.24) is 34.7 Å². The second kappa shape index (κ2) is 13.1. The number of likely N-dealkylation sites (tertiary alicyclic amines) is 1. The molecule has 0 saturated carbocycles. The Balaban J connectivity index is 1.34. The van der Waals surface area contributed by atoms with Gasteiger partial charge in [0.1, 0.15) is 12.2 Å². The quantitative estimate of drug-likeness (QED) is 0.262. The molecule has 12 heteroatoms. The second-order valence-electron chi connectivity index (χ2n) is 11.1. The number of carbonyl (C=O) groups is 1. The van der Waals surface area contributed by atoms with Crippen molar-refractivity contribution in [1.29, 1.82) is 0 Å². The van der Waals surface area contributed by atoms with Crippen molar-refractivity contribution in [3.8, 4) is 11.1 Å². The van der Waals surface area contributed by atoms with Crippen LogP contribution < -0.4 is 21.9 Å². The van der Waals surface area contributed by atoms with Crippen molar-refractivity contribution in [2.24, 2.45) is 10.7 Å². The van der Waals surface area contributed by atoms with E-state index < -0.39 is 0 Å². The zero-order valence-electron chi connectivity index (χ0n) is 24.7. The Labute approximate surface area is 255 Å². The Hall–Kier alpha value is -4.97. The molecular weight excluding hydrogens is 556 g/mol. The first kappa shape index (κ1) is 29.1. The number of hydrogen-bond acceptors (Lipinski definition) is 10. The molecule has 2 aliphatic rings. The fourth-order valence-corrected chi connectivity index (χ4v) is 5.83. The highest BCUT2D eigenvalue weighted by atomic mass is 16.2. The van der Waals surface area contributed by atoms with E-state index in [4.69, 9.17) is 10.7 Å². The van der Waals surface area contributed by atoms with Gasteiger partial charge in [-0.25, -0.2) is 15.0 Å². The Kier molecular flexibility index (Phi) is 8.69. The smallest absolute Gasteiger partial charge is 0.260 e. The molecule has 0 bridgehead atoms. The van der Waals surface area contributed by atoms with E-state index in [9.17, 15) is 9.59 Å². The summed E-state index contributed by atoms with van der Waals surface area (Å²) in [6.45, 7) is 3.33. The molecule has 44 heavy (non-hydrogen) atoms. The first-order valence-corrected chi connectivity index (χ1v) is 15.0. The van der Waals surface area contributed by atoms with Gasteiger partial charge in [-0.05, 0) is 68.5 Å². The number of piperidine rings is 1. The molecule has 0 unspecified atom stereocenters. The number of allylic oxidation sites excluding steroid dienone is 1. The van der Waals surface area contributed by atoms with Gasteiger partial charge in [0.2, 0.25) is 11.9 Å². The molecule has 3 aromatic heterocycles. The van der Waals surface area contributed by atoms with E-state index in [1.807, 2.05) is 12.1 Å². The number of aliphatic imine (C=N–C) groups is 1. The molecule has 2 saturated heterocycles. The van der Waals surface area contributed by atoms with Gasteiger partial charge >= 0.3 is 0 Å². The van der Waals surface area contributed by atoms with Crippen LogP contribution in [0.25, 0.3) is 27.7 Å². The summed E-state index contributed by atoms with van der Waals surface area (Å²) in [5, 5.41) is 7.30. The average Bonchev–Trinajstić information content (AvgIpc) is 3.61. The number of carbonyl (C=O) groups excluding carboxylic acids is 1. The molecular formula is C32H36N10O2. The van der Waals surface area contributed by atoms with E-state index in [-0.39, 0.29) is 18.0 Å². The Morgan fingerprint density at radius 1 is 1.09 bits per heavy atom. The fourth-order valence-electron chi connectivity index (χ4n) is 5.83. The lowest BCUT2D eigenvalue weighted by molar-refractivity contribution is -0.130. The highest BCUT2D eigenvalue weighted by molar-refractivity contribution is 6.08. The number of rotatable bonds is 8. The topological polar surface area (TPSA) is 156 Å². The van der Waals surface area contributed by atoms with Crippen LogP contribution in [0, 0.1) is 0 Å². The van der Waals surface area contributed by atoms with E-state index in [0.717, 1.165) is 44.5 Å².